The maximum atomic E-state index is 12.1. The van der Waals surface area contributed by atoms with Crippen molar-refractivity contribution in [3.63, 3.8) is 0 Å². The second kappa shape index (κ2) is 5.19. The van der Waals surface area contributed by atoms with E-state index in [0.29, 0.717) is 5.56 Å². The van der Waals surface area contributed by atoms with Gasteiger partial charge in [0.2, 0.25) is 5.91 Å². The Morgan fingerprint density at radius 3 is 2.94 bits per heavy atom. The predicted octanol–water partition coefficient (Wildman–Crippen LogP) is 1.80. The van der Waals surface area contributed by atoms with Crippen LogP contribution in [0.15, 0.2) is 18.2 Å². The van der Waals surface area contributed by atoms with Crippen molar-refractivity contribution in [2.24, 2.45) is 5.92 Å². The number of anilines is 1. The maximum Gasteiger partial charge on any atom is 0.229 e. The van der Waals surface area contributed by atoms with Gasteiger partial charge in [0.15, 0.2) is 0 Å². The molecule has 1 aliphatic heterocycles. The van der Waals surface area contributed by atoms with Gasteiger partial charge in [-0.15, -0.1) is 0 Å². The number of nitrogens with zero attached hydrogens (tertiary/aromatic N) is 1. The van der Waals surface area contributed by atoms with Crippen LogP contribution in [0.3, 0.4) is 0 Å². The first-order valence-electron chi connectivity index (χ1n) is 6.17. The molecule has 1 fully saturated rings. The average molecular weight is 243 g/mol. The molecule has 4 heteroatoms. The second-order valence-corrected chi connectivity index (χ2v) is 4.77. The van der Waals surface area contributed by atoms with Crippen molar-refractivity contribution >= 4 is 11.6 Å². The summed E-state index contributed by atoms with van der Waals surface area (Å²) in [4.78, 5) is 12.1. The quantitative estimate of drug-likeness (QED) is 0.832. The number of amides is 1. The minimum atomic E-state index is 0.00939. The van der Waals surface area contributed by atoms with Crippen molar-refractivity contribution in [2.45, 2.75) is 26.3 Å². The molecule has 1 aromatic carbocycles. The topological polar surface area (TPSA) is 64.9 Å². The van der Waals surface area contributed by atoms with Crippen LogP contribution in [0.4, 0.5) is 5.69 Å². The summed E-state index contributed by atoms with van der Waals surface area (Å²) in [5.41, 5.74) is 2.27. The summed E-state index contributed by atoms with van der Waals surface area (Å²) < 4.78 is 0. The van der Waals surface area contributed by atoms with E-state index in [4.69, 9.17) is 5.26 Å². The fraction of sp³-hybridized carbons (Fsp3) is 0.429. The molecule has 2 N–H and O–H groups in total. The van der Waals surface area contributed by atoms with E-state index in [1.807, 2.05) is 19.9 Å². The number of benzene rings is 1. The van der Waals surface area contributed by atoms with Crippen LogP contribution in [0, 0.1) is 24.2 Å². The van der Waals surface area contributed by atoms with E-state index < -0.39 is 0 Å². The van der Waals surface area contributed by atoms with Gasteiger partial charge in [-0.3, -0.25) is 4.79 Å². The molecule has 0 spiro atoms. The molecule has 1 amide bonds. The Morgan fingerprint density at radius 2 is 2.33 bits per heavy atom. The number of nitrogens with one attached hydrogen (secondary N) is 2. The lowest BCUT2D eigenvalue weighted by Gasteiger charge is -2.16. The third-order valence-electron chi connectivity index (χ3n) is 3.49. The summed E-state index contributed by atoms with van der Waals surface area (Å²) in [5, 5.41) is 15.1. The summed E-state index contributed by atoms with van der Waals surface area (Å²) >= 11 is 0. The predicted molar refractivity (Wildman–Crippen MR) is 70.1 cm³/mol. The average Bonchev–Trinajstić information content (AvgIpc) is 2.78. The van der Waals surface area contributed by atoms with Crippen LogP contribution in [0.1, 0.15) is 24.5 Å². The van der Waals surface area contributed by atoms with E-state index in [2.05, 4.69) is 16.7 Å². The molecule has 1 aromatic rings. The largest absolute Gasteiger partial charge is 0.326 e. The van der Waals surface area contributed by atoms with Gasteiger partial charge in [-0.1, -0.05) is 6.07 Å². The van der Waals surface area contributed by atoms with Crippen LogP contribution in [0.25, 0.3) is 0 Å². The summed E-state index contributed by atoms with van der Waals surface area (Å²) in [5.74, 6) is 0.0424. The lowest BCUT2D eigenvalue weighted by molar-refractivity contribution is -0.120. The molecule has 94 valence electrons. The van der Waals surface area contributed by atoms with Gasteiger partial charge in [0.05, 0.1) is 17.6 Å². The fourth-order valence-corrected chi connectivity index (χ4v) is 2.27. The van der Waals surface area contributed by atoms with Crippen molar-refractivity contribution in [1.82, 2.24) is 5.32 Å². The zero-order chi connectivity index (χ0) is 13.1. The van der Waals surface area contributed by atoms with Gasteiger partial charge >= 0.3 is 0 Å². The molecule has 4 nitrogen and oxygen atoms in total. The Bertz CT molecular complexity index is 504. The molecule has 0 saturated carbocycles. The molecule has 1 aliphatic rings. The smallest absolute Gasteiger partial charge is 0.229 e. The zero-order valence-electron chi connectivity index (χ0n) is 10.7. The Balaban J connectivity index is 2.14. The Hall–Kier alpha value is -1.86. The van der Waals surface area contributed by atoms with Crippen molar-refractivity contribution in [3.8, 4) is 6.07 Å². The highest BCUT2D eigenvalue weighted by atomic mass is 16.1. The minimum absolute atomic E-state index is 0.00939. The molecular formula is C14H17N3O. The molecule has 1 saturated heterocycles. The summed E-state index contributed by atoms with van der Waals surface area (Å²) in [7, 11) is 0. The van der Waals surface area contributed by atoms with Gasteiger partial charge in [-0.2, -0.15) is 5.26 Å². The third kappa shape index (κ3) is 2.52. The lowest BCUT2D eigenvalue weighted by atomic mass is 10.0. The highest BCUT2D eigenvalue weighted by molar-refractivity contribution is 5.94. The molecule has 0 aliphatic carbocycles. The highest BCUT2D eigenvalue weighted by Crippen LogP contribution is 2.21. The van der Waals surface area contributed by atoms with Crippen LogP contribution in [0.2, 0.25) is 0 Å². The van der Waals surface area contributed by atoms with Gasteiger partial charge in [-0.25, -0.2) is 0 Å². The molecular weight excluding hydrogens is 226 g/mol. The zero-order valence-corrected chi connectivity index (χ0v) is 10.7. The van der Waals surface area contributed by atoms with E-state index in [1.165, 1.54) is 0 Å². The number of aryl methyl sites for hydroxylation is 1. The van der Waals surface area contributed by atoms with E-state index >= 15 is 0 Å². The minimum Gasteiger partial charge on any atom is -0.326 e. The first-order chi connectivity index (χ1) is 8.61. The van der Waals surface area contributed by atoms with Crippen molar-refractivity contribution in [3.05, 3.63) is 29.3 Å². The standard InChI is InChI=1S/C14H17N3O/c1-9-3-4-11(8-15)7-13(9)17-14(18)12-5-6-16-10(12)2/h3-4,7,10,12,16H,5-6H2,1-2H3,(H,17,18). The SMILES string of the molecule is Cc1ccc(C#N)cc1NC(=O)C1CCNC1C. The molecule has 2 rings (SSSR count). The van der Waals surface area contributed by atoms with Crippen LogP contribution >= 0.6 is 0 Å². The van der Waals surface area contributed by atoms with Crippen LogP contribution in [0.5, 0.6) is 0 Å². The summed E-state index contributed by atoms with van der Waals surface area (Å²) in [6, 6.07) is 7.62. The van der Waals surface area contributed by atoms with Gasteiger partial charge in [0.1, 0.15) is 0 Å². The van der Waals surface area contributed by atoms with Crippen molar-refractivity contribution < 1.29 is 4.79 Å². The molecule has 2 atom stereocenters. The monoisotopic (exact) mass is 243 g/mol. The lowest BCUT2D eigenvalue weighted by Crippen LogP contribution is -2.32. The number of carbonyl (C=O) groups excluding carboxylic acids is 1. The number of carbonyl (C=O) groups is 1. The highest BCUT2D eigenvalue weighted by Gasteiger charge is 2.29. The van der Waals surface area contributed by atoms with Crippen LogP contribution in [-0.2, 0) is 4.79 Å². The van der Waals surface area contributed by atoms with Gasteiger partial charge in [0, 0.05) is 11.7 Å². The van der Waals surface area contributed by atoms with Crippen LogP contribution < -0.4 is 10.6 Å². The normalized spacial score (nSPS) is 22.5. The molecule has 18 heavy (non-hydrogen) atoms. The summed E-state index contributed by atoms with van der Waals surface area (Å²) in [6.45, 7) is 4.83. The first kappa shape index (κ1) is 12.6. The van der Waals surface area contributed by atoms with E-state index in [9.17, 15) is 4.79 Å². The molecule has 1 heterocycles. The van der Waals surface area contributed by atoms with E-state index in [-0.39, 0.29) is 17.9 Å². The van der Waals surface area contributed by atoms with Gasteiger partial charge in [0.25, 0.3) is 0 Å². The van der Waals surface area contributed by atoms with Crippen molar-refractivity contribution in [1.29, 1.82) is 5.26 Å². The van der Waals surface area contributed by atoms with Crippen LogP contribution in [-0.4, -0.2) is 18.5 Å². The third-order valence-corrected chi connectivity index (χ3v) is 3.49. The Morgan fingerprint density at radius 1 is 1.56 bits per heavy atom. The molecule has 0 radical (unpaired) electrons. The van der Waals surface area contributed by atoms with E-state index in [1.54, 1.807) is 12.1 Å². The van der Waals surface area contributed by atoms with Gasteiger partial charge in [-0.05, 0) is 44.5 Å². The van der Waals surface area contributed by atoms with Gasteiger partial charge < -0.3 is 10.6 Å². The van der Waals surface area contributed by atoms with E-state index in [0.717, 1.165) is 24.2 Å². The molecule has 0 aromatic heterocycles. The maximum absolute atomic E-state index is 12.1. The Kier molecular flexibility index (Phi) is 3.63. The first-order valence-corrected chi connectivity index (χ1v) is 6.17. The molecule has 2 unspecified atom stereocenters. The number of rotatable bonds is 2. The summed E-state index contributed by atoms with van der Waals surface area (Å²) in [6.07, 6.45) is 0.865. The molecule has 0 bridgehead atoms. The van der Waals surface area contributed by atoms with Crippen molar-refractivity contribution in [2.75, 3.05) is 11.9 Å². The number of nitriles is 1. The number of hydrogen-bond acceptors (Lipinski definition) is 3. The Labute approximate surface area is 107 Å². The fourth-order valence-electron chi connectivity index (χ4n) is 2.27. The second-order valence-electron chi connectivity index (χ2n) is 4.77. The number of hydrogen-bond donors (Lipinski definition) is 2.